The molecule has 4 rings (SSSR count). The van der Waals surface area contributed by atoms with E-state index in [0.717, 1.165) is 0 Å². The molecule has 1 saturated heterocycles. The molecule has 1 fully saturated rings. The predicted molar refractivity (Wildman–Crippen MR) is 108 cm³/mol. The predicted octanol–water partition coefficient (Wildman–Crippen LogP) is 3.68. The molecule has 0 unspecified atom stereocenters. The Kier molecular flexibility index (Phi) is 5.49. The van der Waals surface area contributed by atoms with Crippen LogP contribution in [0.3, 0.4) is 0 Å². The first-order valence-electron chi connectivity index (χ1n) is 9.79. The number of imidazole rings is 1. The van der Waals surface area contributed by atoms with E-state index in [1.54, 1.807) is 24.3 Å². The number of amides is 1. The summed E-state index contributed by atoms with van der Waals surface area (Å²) in [4.78, 5) is 26.0. The molecule has 8 nitrogen and oxygen atoms in total. The maximum Gasteiger partial charge on any atom is 0.573 e. The lowest BCUT2D eigenvalue weighted by Gasteiger charge is -2.14. The lowest BCUT2D eigenvalue weighted by Crippen LogP contribution is -2.31. The largest absolute Gasteiger partial charge is 0.573 e. The Balaban J connectivity index is 1.84. The van der Waals surface area contributed by atoms with Crippen molar-refractivity contribution in [2.75, 3.05) is 20.2 Å². The summed E-state index contributed by atoms with van der Waals surface area (Å²) in [6, 6.07) is 10.3. The van der Waals surface area contributed by atoms with Gasteiger partial charge in [-0.2, -0.15) is 0 Å². The molecule has 2 heterocycles. The summed E-state index contributed by atoms with van der Waals surface area (Å²) in [7, 11) is 1.43. The lowest BCUT2D eigenvalue weighted by atomic mass is 10.2. The molecule has 1 amide bonds. The number of benzene rings is 2. The number of halogens is 3. The number of carboxylic acid groups (broad SMARTS) is 1. The third-order valence-corrected chi connectivity index (χ3v) is 5.49. The van der Waals surface area contributed by atoms with Crippen LogP contribution in [0.25, 0.3) is 11.0 Å². The van der Waals surface area contributed by atoms with Crippen molar-refractivity contribution in [1.29, 1.82) is 0 Å². The average Bonchev–Trinajstić information content (AvgIpc) is 3.31. The molecule has 0 bridgehead atoms. The molecule has 0 radical (unpaired) electrons. The number of rotatable bonds is 5. The number of fused-ring (bicyclic) bond motifs is 1. The number of aromatic nitrogens is 2. The molecular formula is C21H20F3N3O5. The highest BCUT2D eigenvalue weighted by Gasteiger charge is 2.33. The molecule has 3 aromatic rings. The van der Waals surface area contributed by atoms with Gasteiger partial charge >= 0.3 is 18.1 Å². The van der Waals surface area contributed by atoms with E-state index in [4.69, 9.17) is 4.74 Å². The second kappa shape index (κ2) is 8.13. The fourth-order valence-corrected chi connectivity index (χ4v) is 4.12. The minimum absolute atomic E-state index is 0.138. The Morgan fingerprint density at radius 1 is 1.16 bits per heavy atom. The Morgan fingerprint density at radius 3 is 2.53 bits per heavy atom. The Hall–Kier alpha value is -3.63. The molecule has 32 heavy (non-hydrogen) atoms. The Labute approximate surface area is 180 Å². The molecule has 0 saturated carbocycles. The fraction of sp³-hybridized carbons (Fsp3) is 0.333. The van der Waals surface area contributed by atoms with Crippen molar-refractivity contribution < 1.29 is 32.5 Å². The molecule has 0 aliphatic carbocycles. The maximum atomic E-state index is 13.5. The van der Waals surface area contributed by atoms with Crippen LogP contribution in [0.1, 0.15) is 18.0 Å². The van der Waals surface area contributed by atoms with Gasteiger partial charge in [0.1, 0.15) is 17.0 Å². The van der Waals surface area contributed by atoms with Gasteiger partial charge in [0.25, 0.3) is 0 Å². The third kappa shape index (κ3) is 3.97. The minimum atomic E-state index is -4.88. The number of hydrogen-bond acceptors (Lipinski definition) is 4. The number of likely N-dealkylation sites (tertiary alicyclic amines) is 1. The monoisotopic (exact) mass is 451 g/mol. The van der Waals surface area contributed by atoms with E-state index in [1.807, 2.05) is 0 Å². The van der Waals surface area contributed by atoms with Crippen LogP contribution in [-0.4, -0.2) is 51.8 Å². The summed E-state index contributed by atoms with van der Waals surface area (Å²) in [6.45, 7) is 0.231. The van der Waals surface area contributed by atoms with E-state index >= 15 is 0 Å². The first-order valence-corrected chi connectivity index (χ1v) is 9.79. The van der Waals surface area contributed by atoms with Gasteiger partial charge in [0.05, 0.1) is 25.2 Å². The van der Waals surface area contributed by atoms with E-state index in [9.17, 15) is 27.9 Å². The van der Waals surface area contributed by atoms with Crippen LogP contribution < -0.4 is 15.2 Å². The van der Waals surface area contributed by atoms with E-state index in [2.05, 4.69) is 4.74 Å². The van der Waals surface area contributed by atoms with Crippen LogP contribution in [0.2, 0.25) is 0 Å². The van der Waals surface area contributed by atoms with Crippen LogP contribution in [0.4, 0.5) is 18.0 Å². The summed E-state index contributed by atoms with van der Waals surface area (Å²) >= 11 is 0. The number of ether oxygens (including phenoxy) is 2. The van der Waals surface area contributed by atoms with E-state index < -0.39 is 29.9 Å². The van der Waals surface area contributed by atoms with Gasteiger partial charge in [-0.25, -0.2) is 9.59 Å². The quantitative estimate of drug-likeness (QED) is 0.640. The number of nitrogens with zero attached hydrogens (tertiary/aromatic N) is 3. The van der Waals surface area contributed by atoms with E-state index in [1.165, 1.54) is 39.3 Å². The van der Waals surface area contributed by atoms with E-state index in [0.29, 0.717) is 23.2 Å². The molecule has 1 atom stereocenters. The Morgan fingerprint density at radius 2 is 1.88 bits per heavy atom. The molecule has 0 spiro atoms. The van der Waals surface area contributed by atoms with Crippen molar-refractivity contribution in [3.05, 3.63) is 58.5 Å². The third-order valence-electron chi connectivity index (χ3n) is 5.49. The topological polar surface area (TPSA) is 85.9 Å². The molecule has 1 aliphatic heterocycles. The summed E-state index contributed by atoms with van der Waals surface area (Å²) in [5.74, 6) is -0.0266. The molecule has 11 heteroatoms. The highest BCUT2D eigenvalue weighted by Crippen LogP contribution is 2.32. The second-order valence-corrected chi connectivity index (χ2v) is 7.39. The van der Waals surface area contributed by atoms with Gasteiger partial charge in [-0.05, 0) is 24.6 Å². The Bertz CT molecular complexity index is 1220. The van der Waals surface area contributed by atoms with Gasteiger partial charge in [-0.1, -0.05) is 24.3 Å². The first-order chi connectivity index (χ1) is 15.2. The van der Waals surface area contributed by atoms with Gasteiger partial charge in [-0.3, -0.25) is 9.13 Å². The summed E-state index contributed by atoms with van der Waals surface area (Å²) in [6.07, 6.45) is -5.51. The van der Waals surface area contributed by atoms with Crippen molar-refractivity contribution in [1.82, 2.24) is 14.0 Å². The molecule has 2 aromatic carbocycles. The van der Waals surface area contributed by atoms with Gasteiger partial charge in [0.2, 0.25) is 0 Å². The van der Waals surface area contributed by atoms with Crippen LogP contribution in [0, 0.1) is 0 Å². The van der Waals surface area contributed by atoms with Crippen molar-refractivity contribution >= 4 is 17.1 Å². The summed E-state index contributed by atoms with van der Waals surface area (Å²) < 4.78 is 50.9. The fourth-order valence-electron chi connectivity index (χ4n) is 4.12. The van der Waals surface area contributed by atoms with E-state index in [-0.39, 0.29) is 25.2 Å². The SMILES string of the molecule is COc1cccc2c1n(Cc1ccccc1OC(F)(F)F)c(=O)n2[C@@H]1CCN(C(=O)O)C1. The number of hydrogen-bond donors (Lipinski definition) is 1. The van der Waals surface area contributed by atoms with Crippen LogP contribution in [-0.2, 0) is 6.54 Å². The van der Waals surface area contributed by atoms with Crippen molar-refractivity contribution in [3.63, 3.8) is 0 Å². The van der Waals surface area contributed by atoms with Crippen molar-refractivity contribution in [2.24, 2.45) is 0 Å². The molecule has 170 valence electrons. The highest BCUT2D eigenvalue weighted by atomic mass is 19.4. The van der Waals surface area contributed by atoms with Crippen LogP contribution >= 0.6 is 0 Å². The first kappa shape index (κ1) is 21.6. The van der Waals surface area contributed by atoms with Gasteiger partial charge < -0.3 is 19.5 Å². The minimum Gasteiger partial charge on any atom is -0.494 e. The molecular weight excluding hydrogens is 431 g/mol. The highest BCUT2D eigenvalue weighted by molar-refractivity contribution is 5.83. The number of alkyl halides is 3. The zero-order valence-corrected chi connectivity index (χ0v) is 17.0. The van der Waals surface area contributed by atoms with Crippen LogP contribution in [0.5, 0.6) is 11.5 Å². The zero-order valence-electron chi connectivity index (χ0n) is 17.0. The van der Waals surface area contributed by atoms with Crippen LogP contribution in [0.15, 0.2) is 47.3 Å². The smallest absolute Gasteiger partial charge is 0.494 e. The van der Waals surface area contributed by atoms with Gasteiger partial charge in [0.15, 0.2) is 0 Å². The standard InChI is InChI=1S/C21H20F3N3O5/c1-31-17-8-4-6-15-18(17)26(11-13-5-2-3-7-16(13)32-21(22,23)24)19(28)27(15)14-9-10-25(12-14)20(29)30/h2-8,14H,9-12H2,1H3,(H,29,30)/t14-/m1/s1. The zero-order chi connectivity index (χ0) is 23.0. The lowest BCUT2D eigenvalue weighted by molar-refractivity contribution is -0.274. The number of carbonyl (C=O) groups is 1. The molecule has 1 aliphatic rings. The molecule has 1 N–H and O–H groups in total. The second-order valence-electron chi connectivity index (χ2n) is 7.39. The summed E-state index contributed by atoms with van der Waals surface area (Å²) in [5, 5.41) is 9.27. The number of para-hydroxylation sites is 2. The van der Waals surface area contributed by atoms with Crippen molar-refractivity contribution in [2.45, 2.75) is 25.4 Å². The normalized spacial score (nSPS) is 16.5. The maximum absolute atomic E-state index is 13.5. The van der Waals surface area contributed by atoms with Gasteiger partial charge in [-0.15, -0.1) is 13.2 Å². The summed E-state index contributed by atoms with van der Waals surface area (Å²) in [5.41, 5.74) is 0.621. The average molecular weight is 451 g/mol. The van der Waals surface area contributed by atoms with Gasteiger partial charge in [0, 0.05) is 18.7 Å². The number of methoxy groups -OCH3 is 1. The molecule has 1 aromatic heterocycles. The van der Waals surface area contributed by atoms with Crippen molar-refractivity contribution in [3.8, 4) is 11.5 Å².